The minimum Gasteiger partial charge on any atom is -0.469 e. The second-order valence-electron chi connectivity index (χ2n) is 1.79. The van der Waals surface area contributed by atoms with E-state index in [0.29, 0.717) is 0 Å². The standard InChI is InChI=1S/C6H9NO.C2H6/c1-6-5-8-4-3-7(6)2;1-2/h3-5H,1-2H3;1-2H3. The van der Waals surface area contributed by atoms with Crippen LogP contribution in [0.4, 0.5) is 0 Å². The molecule has 1 rings (SSSR count). The van der Waals surface area contributed by atoms with Gasteiger partial charge >= 0.3 is 0 Å². The van der Waals surface area contributed by atoms with E-state index in [2.05, 4.69) is 0 Å². The molecule has 0 bridgehead atoms. The van der Waals surface area contributed by atoms with Crippen LogP contribution in [0.25, 0.3) is 0 Å². The van der Waals surface area contributed by atoms with Gasteiger partial charge in [-0.05, 0) is 6.92 Å². The van der Waals surface area contributed by atoms with Crippen molar-refractivity contribution in [2.45, 2.75) is 20.8 Å². The molecule has 58 valence electrons. The quantitative estimate of drug-likeness (QED) is 0.513. The molecule has 0 aliphatic carbocycles. The zero-order valence-corrected chi connectivity index (χ0v) is 7.09. The molecule has 0 saturated carbocycles. The van der Waals surface area contributed by atoms with Crippen molar-refractivity contribution in [1.29, 1.82) is 0 Å². The Morgan fingerprint density at radius 1 is 1.40 bits per heavy atom. The molecule has 0 fully saturated rings. The summed E-state index contributed by atoms with van der Waals surface area (Å²) >= 11 is 0. The summed E-state index contributed by atoms with van der Waals surface area (Å²) in [5.74, 6) is 0. The zero-order valence-electron chi connectivity index (χ0n) is 7.09. The molecule has 1 heterocycles. The highest BCUT2D eigenvalue weighted by Crippen LogP contribution is 2.05. The van der Waals surface area contributed by atoms with Gasteiger partial charge in [-0.2, -0.15) is 0 Å². The highest BCUT2D eigenvalue weighted by Gasteiger charge is 1.96. The number of allylic oxidation sites excluding steroid dienone is 1. The summed E-state index contributed by atoms with van der Waals surface area (Å²) in [4.78, 5) is 1.99. The van der Waals surface area contributed by atoms with Crippen molar-refractivity contribution in [2.24, 2.45) is 0 Å². The highest BCUT2D eigenvalue weighted by atomic mass is 16.5. The predicted molar refractivity (Wildman–Crippen MR) is 43.1 cm³/mol. The molecule has 0 amide bonds. The average Bonchev–Trinajstić information content (AvgIpc) is 2.00. The summed E-state index contributed by atoms with van der Waals surface area (Å²) in [7, 11) is 1.98. The van der Waals surface area contributed by atoms with Crippen LogP contribution in [-0.2, 0) is 4.74 Å². The number of hydrogen-bond donors (Lipinski definition) is 0. The van der Waals surface area contributed by atoms with Gasteiger partial charge in [-0.25, -0.2) is 0 Å². The van der Waals surface area contributed by atoms with Crippen molar-refractivity contribution >= 4 is 0 Å². The van der Waals surface area contributed by atoms with E-state index in [-0.39, 0.29) is 0 Å². The fourth-order valence-electron chi connectivity index (χ4n) is 0.465. The molecule has 1 aliphatic rings. The molecule has 0 atom stereocenters. The van der Waals surface area contributed by atoms with Crippen LogP contribution in [0.15, 0.2) is 24.4 Å². The van der Waals surface area contributed by atoms with Gasteiger partial charge < -0.3 is 9.64 Å². The SMILES string of the molecule is CC.CC1=COC=CN1C. The van der Waals surface area contributed by atoms with Gasteiger partial charge in [0.2, 0.25) is 0 Å². The molecule has 1 aliphatic heterocycles. The fourth-order valence-corrected chi connectivity index (χ4v) is 0.465. The lowest BCUT2D eigenvalue weighted by Gasteiger charge is -2.16. The van der Waals surface area contributed by atoms with Crippen LogP contribution in [0.2, 0.25) is 0 Å². The van der Waals surface area contributed by atoms with Crippen molar-refractivity contribution in [3.05, 3.63) is 24.4 Å². The van der Waals surface area contributed by atoms with Crippen LogP contribution in [0.1, 0.15) is 20.8 Å². The molecule has 0 aromatic rings. The Kier molecular flexibility index (Phi) is 4.46. The lowest BCUT2D eigenvalue weighted by molar-refractivity contribution is 0.345. The van der Waals surface area contributed by atoms with Crippen LogP contribution in [0, 0.1) is 0 Å². The van der Waals surface area contributed by atoms with Gasteiger partial charge in [0.1, 0.15) is 12.5 Å². The smallest absolute Gasteiger partial charge is 0.109 e. The Balaban J connectivity index is 0.000000371. The van der Waals surface area contributed by atoms with E-state index in [4.69, 9.17) is 4.74 Å². The zero-order chi connectivity index (χ0) is 7.98. The molecule has 0 saturated heterocycles. The van der Waals surface area contributed by atoms with Crippen molar-refractivity contribution in [3.8, 4) is 0 Å². The van der Waals surface area contributed by atoms with Crippen LogP contribution in [0.5, 0.6) is 0 Å². The van der Waals surface area contributed by atoms with E-state index in [9.17, 15) is 0 Å². The third-order valence-electron chi connectivity index (χ3n) is 1.16. The topological polar surface area (TPSA) is 12.5 Å². The molecular formula is C8H15NO. The van der Waals surface area contributed by atoms with Gasteiger partial charge in [0.25, 0.3) is 0 Å². The summed E-state index contributed by atoms with van der Waals surface area (Å²) < 4.78 is 4.87. The Morgan fingerprint density at radius 3 is 2.30 bits per heavy atom. The van der Waals surface area contributed by atoms with E-state index in [0.717, 1.165) is 5.70 Å². The molecule has 10 heavy (non-hydrogen) atoms. The van der Waals surface area contributed by atoms with Gasteiger partial charge in [-0.15, -0.1) is 0 Å². The summed E-state index contributed by atoms with van der Waals surface area (Å²) in [5, 5.41) is 0. The summed E-state index contributed by atoms with van der Waals surface area (Å²) in [6, 6.07) is 0. The molecular weight excluding hydrogens is 126 g/mol. The minimum absolute atomic E-state index is 1.12. The Morgan fingerprint density at radius 2 is 2.00 bits per heavy atom. The average molecular weight is 141 g/mol. The maximum absolute atomic E-state index is 4.87. The molecule has 0 radical (unpaired) electrons. The fraction of sp³-hybridized carbons (Fsp3) is 0.500. The van der Waals surface area contributed by atoms with Gasteiger partial charge in [-0.1, -0.05) is 13.8 Å². The molecule has 0 aromatic heterocycles. The third-order valence-corrected chi connectivity index (χ3v) is 1.16. The first kappa shape index (κ1) is 9.08. The lowest BCUT2D eigenvalue weighted by atomic mass is 10.5. The van der Waals surface area contributed by atoms with Gasteiger partial charge in [0.15, 0.2) is 0 Å². The first-order valence-electron chi connectivity index (χ1n) is 3.52. The van der Waals surface area contributed by atoms with Crippen molar-refractivity contribution < 1.29 is 4.74 Å². The molecule has 0 N–H and O–H groups in total. The third kappa shape index (κ3) is 2.58. The first-order chi connectivity index (χ1) is 4.80. The van der Waals surface area contributed by atoms with Gasteiger partial charge in [0.05, 0.1) is 0 Å². The maximum Gasteiger partial charge on any atom is 0.109 e. The van der Waals surface area contributed by atoms with Crippen LogP contribution in [0.3, 0.4) is 0 Å². The normalized spacial score (nSPS) is 14.8. The maximum atomic E-state index is 4.87. The Labute approximate surface area is 62.8 Å². The molecule has 0 aromatic carbocycles. The second-order valence-corrected chi connectivity index (χ2v) is 1.79. The second kappa shape index (κ2) is 4.91. The van der Waals surface area contributed by atoms with Crippen LogP contribution in [-0.4, -0.2) is 11.9 Å². The number of ether oxygens (including phenoxy) is 1. The van der Waals surface area contributed by atoms with E-state index < -0.39 is 0 Å². The number of nitrogens with zero attached hydrogens (tertiary/aromatic N) is 1. The van der Waals surface area contributed by atoms with E-state index in [1.165, 1.54) is 0 Å². The Hall–Kier alpha value is -0.920. The largest absolute Gasteiger partial charge is 0.469 e. The van der Waals surface area contributed by atoms with Crippen LogP contribution >= 0.6 is 0 Å². The lowest BCUT2D eigenvalue weighted by Crippen LogP contribution is -2.09. The van der Waals surface area contributed by atoms with Crippen molar-refractivity contribution in [1.82, 2.24) is 4.90 Å². The monoisotopic (exact) mass is 141 g/mol. The number of rotatable bonds is 0. The number of hydrogen-bond acceptors (Lipinski definition) is 2. The summed E-state index contributed by atoms with van der Waals surface area (Å²) in [5.41, 5.74) is 1.12. The first-order valence-corrected chi connectivity index (χ1v) is 3.52. The van der Waals surface area contributed by atoms with Crippen molar-refractivity contribution in [3.63, 3.8) is 0 Å². The summed E-state index contributed by atoms with van der Waals surface area (Å²) in [6.45, 7) is 5.99. The minimum atomic E-state index is 1.12. The molecule has 2 nitrogen and oxygen atoms in total. The van der Waals surface area contributed by atoms with Gasteiger partial charge in [0, 0.05) is 18.9 Å². The van der Waals surface area contributed by atoms with E-state index in [1.807, 2.05) is 38.9 Å². The van der Waals surface area contributed by atoms with E-state index >= 15 is 0 Å². The Bertz CT molecular complexity index is 138. The molecule has 0 unspecified atom stereocenters. The van der Waals surface area contributed by atoms with E-state index in [1.54, 1.807) is 12.5 Å². The summed E-state index contributed by atoms with van der Waals surface area (Å²) in [6.07, 6.45) is 5.22. The highest BCUT2D eigenvalue weighted by molar-refractivity contribution is 5.01. The molecule has 0 spiro atoms. The molecule has 2 heteroatoms. The van der Waals surface area contributed by atoms with Crippen LogP contribution < -0.4 is 0 Å². The predicted octanol–water partition coefficient (Wildman–Crippen LogP) is 2.31. The van der Waals surface area contributed by atoms with Crippen molar-refractivity contribution in [2.75, 3.05) is 7.05 Å². The van der Waals surface area contributed by atoms with Gasteiger partial charge in [-0.3, -0.25) is 0 Å².